The largest absolute Gasteiger partial charge is 0.463 e. The number of carbonyl (C=O) groups is 3. The summed E-state index contributed by atoms with van der Waals surface area (Å²) in [6.45, 7) is 8.40. The number of carbonyl (C=O) groups excluding carboxylic acids is 3. The van der Waals surface area contributed by atoms with E-state index in [2.05, 4.69) is 25.8 Å². The SMILES string of the molecule is CCCCCCOC(=O)C12OC1(CC=C(C)CCc1ccnc(N)c1)C(=O)c1cccc(CC(C)C)c1C2=O. The summed E-state index contributed by atoms with van der Waals surface area (Å²) in [4.78, 5) is 45.6. The molecular weight excluding hydrogens is 492 g/mol. The lowest BCUT2D eigenvalue weighted by atomic mass is 9.70. The van der Waals surface area contributed by atoms with E-state index in [1.165, 1.54) is 0 Å². The number of ketones is 2. The highest BCUT2D eigenvalue weighted by Gasteiger charge is 2.85. The molecule has 2 N–H and O–H groups in total. The van der Waals surface area contributed by atoms with E-state index < -0.39 is 23.0 Å². The molecule has 0 saturated carbocycles. The number of unbranched alkanes of at least 4 members (excludes halogenated alkanes) is 3. The Morgan fingerprint density at radius 3 is 2.67 bits per heavy atom. The van der Waals surface area contributed by atoms with Crippen LogP contribution < -0.4 is 5.73 Å². The van der Waals surface area contributed by atoms with Crippen LogP contribution in [0.5, 0.6) is 0 Å². The summed E-state index contributed by atoms with van der Waals surface area (Å²) >= 11 is 0. The van der Waals surface area contributed by atoms with Gasteiger partial charge in [-0.15, -0.1) is 0 Å². The van der Waals surface area contributed by atoms with Crippen LogP contribution in [0.2, 0.25) is 0 Å². The summed E-state index contributed by atoms with van der Waals surface area (Å²) in [5.41, 5.74) is 5.79. The Balaban J connectivity index is 1.61. The van der Waals surface area contributed by atoms with Crippen molar-refractivity contribution in [3.63, 3.8) is 0 Å². The summed E-state index contributed by atoms with van der Waals surface area (Å²) in [7, 11) is 0. The maximum atomic E-state index is 14.1. The van der Waals surface area contributed by atoms with E-state index in [4.69, 9.17) is 15.2 Å². The first kappa shape index (κ1) is 28.7. The zero-order valence-electron chi connectivity index (χ0n) is 23.5. The van der Waals surface area contributed by atoms with Crippen molar-refractivity contribution in [2.45, 2.75) is 90.3 Å². The Morgan fingerprint density at radius 1 is 1.15 bits per heavy atom. The summed E-state index contributed by atoms with van der Waals surface area (Å²) in [5, 5.41) is 0. The van der Waals surface area contributed by atoms with Crippen molar-refractivity contribution >= 4 is 23.4 Å². The van der Waals surface area contributed by atoms with Crippen molar-refractivity contribution in [1.82, 2.24) is 4.98 Å². The smallest absolute Gasteiger partial charge is 0.350 e. The van der Waals surface area contributed by atoms with Gasteiger partial charge >= 0.3 is 5.97 Å². The summed E-state index contributed by atoms with van der Waals surface area (Å²) in [6, 6.07) is 9.10. The molecule has 4 rings (SSSR count). The second kappa shape index (κ2) is 11.8. The molecule has 2 unspecified atom stereocenters. The van der Waals surface area contributed by atoms with Crippen LogP contribution in [0.3, 0.4) is 0 Å². The topological polar surface area (TPSA) is 112 Å². The molecule has 1 saturated heterocycles. The minimum atomic E-state index is -1.93. The van der Waals surface area contributed by atoms with E-state index in [1.54, 1.807) is 18.3 Å². The number of hydrogen-bond acceptors (Lipinski definition) is 7. The highest BCUT2D eigenvalue weighted by atomic mass is 16.7. The summed E-state index contributed by atoms with van der Waals surface area (Å²) in [6.07, 6.45) is 9.57. The van der Waals surface area contributed by atoms with Gasteiger partial charge in [-0.1, -0.05) is 69.9 Å². The Labute approximate surface area is 231 Å². The lowest BCUT2D eigenvalue weighted by molar-refractivity contribution is -0.148. The van der Waals surface area contributed by atoms with Gasteiger partial charge in [-0.25, -0.2) is 9.78 Å². The highest BCUT2D eigenvalue weighted by Crippen LogP contribution is 2.59. The lowest BCUT2D eigenvalue weighted by Crippen LogP contribution is -2.51. The molecule has 208 valence electrons. The van der Waals surface area contributed by atoms with Gasteiger partial charge in [0.1, 0.15) is 5.82 Å². The van der Waals surface area contributed by atoms with Crippen molar-refractivity contribution < 1.29 is 23.9 Å². The number of rotatable bonds is 13. The first-order valence-corrected chi connectivity index (χ1v) is 14.1. The van der Waals surface area contributed by atoms with Gasteiger partial charge in [0.2, 0.25) is 5.78 Å². The maximum Gasteiger partial charge on any atom is 0.350 e. The first-order chi connectivity index (χ1) is 18.7. The van der Waals surface area contributed by atoms with Crippen LogP contribution in [-0.2, 0) is 27.1 Å². The molecule has 2 aliphatic rings. The molecule has 0 spiro atoms. The monoisotopic (exact) mass is 532 g/mol. The van der Waals surface area contributed by atoms with Gasteiger partial charge < -0.3 is 15.2 Å². The number of Topliss-reactive ketones (excluding diaryl/α,β-unsaturated/α-hetero) is 2. The van der Waals surface area contributed by atoms with Crippen LogP contribution >= 0.6 is 0 Å². The van der Waals surface area contributed by atoms with Gasteiger partial charge in [-0.2, -0.15) is 0 Å². The molecule has 2 heterocycles. The number of esters is 1. The molecule has 7 nitrogen and oxygen atoms in total. The van der Waals surface area contributed by atoms with Gasteiger partial charge in [-0.3, -0.25) is 9.59 Å². The third kappa shape index (κ3) is 5.55. The van der Waals surface area contributed by atoms with Crippen molar-refractivity contribution in [3.8, 4) is 0 Å². The molecule has 1 aliphatic carbocycles. The Bertz CT molecular complexity index is 1280. The second-order valence-corrected chi connectivity index (χ2v) is 11.2. The number of benzene rings is 1. The Hall–Kier alpha value is -3.32. The number of hydrogen-bond donors (Lipinski definition) is 1. The van der Waals surface area contributed by atoms with Crippen LogP contribution in [0.1, 0.15) is 98.1 Å². The molecule has 1 fully saturated rings. The number of allylic oxidation sites excluding steroid dienone is 1. The van der Waals surface area contributed by atoms with Crippen LogP contribution in [-0.4, -0.2) is 40.3 Å². The molecule has 7 heteroatoms. The maximum absolute atomic E-state index is 14.1. The molecule has 1 aliphatic heterocycles. The predicted octanol–water partition coefficient (Wildman–Crippen LogP) is 5.84. The third-order valence-electron chi connectivity index (χ3n) is 7.70. The normalized spacial score (nSPS) is 22.0. The van der Waals surface area contributed by atoms with Crippen molar-refractivity contribution in [2.24, 2.45) is 5.92 Å². The molecule has 2 aromatic rings. The quantitative estimate of drug-likeness (QED) is 0.113. The molecule has 2 atom stereocenters. The van der Waals surface area contributed by atoms with Crippen LogP contribution in [0.4, 0.5) is 5.82 Å². The van der Waals surface area contributed by atoms with Gasteiger partial charge in [-0.05, 0) is 61.8 Å². The fraction of sp³-hybridized carbons (Fsp3) is 0.500. The standard InChI is InChI=1S/C32H40N2O5/c1-5-6-7-8-18-38-30(37)32-29(36)27-24(19-21(2)3)10-9-11-25(27)28(35)31(32,39-32)16-14-22(4)12-13-23-15-17-34-26(33)20-23/h9-11,14-15,17,20-21H,5-8,12-13,16,18-19H2,1-4H3,(H2,33,34). The molecule has 0 amide bonds. The van der Waals surface area contributed by atoms with Crippen LogP contribution in [0.15, 0.2) is 48.2 Å². The minimum absolute atomic E-state index is 0.126. The van der Waals surface area contributed by atoms with Gasteiger partial charge in [0.25, 0.3) is 5.60 Å². The van der Waals surface area contributed by atoms with E-state index in [1.807, 2.05) is 31.2 Å². The van der Waals surface area contributed by atoms with E-state index in [9.17, 15) is 14.4 Å². The van der Waals surface area contributed by atoms with Crippen LogP contribution in [0.25, 0.3) is 0 Å². The van der Waals surface area contributed by atoms with Crippen LogP contribution in [0, 0.1) is 5.92 Å². The minimum Gasteiger partial charge on any atom is -0.463 e. The lowest BCUT2D eigenvalue weighted by Gasteiger charge is -2.25. The molecule has 0 radical (unpaired) electrons. The molecule has 0 bridgehead atoms. The van der Waals surface area contributed by atoms with E-state index >= 15 is 0 Å². The molecular formula is C32H40N2O5. The number of anilines is 1. The van der Waals surface area contributed by atoms with Gasteiger partial charge in [0.05, 0.1) is 6.61 Å². The zero-order valence-corrected chi connectivity index (χ0v) is 23.5. The number of epoxide rings is 1. The van der Waals surface area contributed by atoms with E-state index in [0.29, 0.717) is 29.8 Å². The third-order valence-corrected chi connectivity index (χ3v) is 7.70. The average molecular weight is 533 g/mol. The number of aromatic nitrogens is 1. The van der Waals surface area contributed by atoms with Crippen molar-refractivity contribution in [3.05, 3.63) is 70.4 Å². The Kier molecular flexibility index (Phi) is 8.70. The fourth-order valence-corrected chi connectivity index (χ4v) is 5.52. The molecule has 39 heavy (non-hydrogen) atoms. The summed E-state index contributed by atoms with van der Waals surface area (Å²) in [5.74, 6) is -0.782. The van der Waals surface area contributed by atoms with E-state index in [0.717, 1.165) is 48.8 Å². The number of nitrogen functional groups attached to an aromatic ring is 1. The zero-order chi connectivity index (χ0) is 28.2. The Morgan fingerprint density at radius 2 is 1.95 bits per heavy atom. The second-order valence-electron chi connectivity index (χ2n) is 11.2. The van der Waals surface area contributed by atoms with E-state index in [-0.39, 0.29) is 24.7 Å². The number of ether oxygens (including phenoxy) is 2. The van der Waals surface area contributed by atoms with Gasteiger partial charge in [0.15, 0.2) is 11.4 Å². The number of nitrogens with zero attached hydrogens (tertiary/aromatic N) is 1. The number of pyridine rings is 1. The highest BCUT2D eigenvalue weighted by molar-refractivity contribution is 6.33. The van der Waals surface area contributed by atoms with Gasteiger partial charge in [0, 0.05) is 23.7 Å². The van der Waals surface area contributed by atoms with Crippen molar-refractivity contribution in [2.75, 3.05) is 12.3 Å². The van der Waals surface area contributed by atoms with Crippen molar-refractivity contribution in [1.29, 1.82) is 0 Å². The first-order valence-electron chi connectivity index (χ1n) is 14.1. The average Bonchev–Trinajstić information content (AvgIpc) is 3.61. The number of fused-ring (bicyclic) bond motifs is 2. The fourth-order valence-electron chi connectivity index (χ4n) is 5.52. The summed E-state index contributed by atoms with van der Waals surface area (Å²) < 4.78 is 11.6. The molecule has 1 aromatic heterocycles. The number of nitrogens with two attached hydrogens (primary N) is 1. The molecule has 1 aromatic carbocycles. The number of aryl methyl sites for hydroxylation is 1. The predicted molar refractivity (Wildman–Crippen MR) is 151 cm³/mol.